The average molecular weight is 348 g/mol. The van der Waals surface area contributed by atoms with Gasteiger partial charge in [-0.25, -0.2) is 24.3 Å². The molecule has 0 atom stereocenters. The number of rotatable bonds is 5. The molecule has 0 aliphatic rings. The van der Waals surface area contributed by atoms with Gasteiger partial charge in [-0.05, 0) is 18.6 Å². The molecule has 0 fully saturated rings. The number of hydrogen-bond acceptors (Lipinski definition) is 5. The number of pyridine rings is 2. The third-order valence-corrected chi connectivity index (χ3v) is 4.24. The average Bonchev–Trinajstić information content (AvgIpc) is 3.12. The van der Waals surface area contributed by atoms with Crippen LogP contribution in [0.2, 0.25) is 0 Å². The molecule has 4 aromatic rings. The van der Waals surface area contributed by atoms with E-state index in [2.05, 4.69) is 31.8 Å². The van der Waals surface area contributed by atoms with E-state index in [-0.39, 0.29) is 5.69 Å². The predicted molar refractivity (Wildman–Crippen MR) is 95.8 cm³/mol. The van der Waals surface area contributed by atoms with E-state index < -0.39 is 5.82 Å². The summed E-state index contributed by atoms with van der Waals surface area (Å²) >= 11 is 0. The van der Waals surface area contributed by atoms with Crippen LogP contribution in [0.25, 0.3) is 22.4 Å². The molecular formula is C19H17FN6. The Kier molecular flexibility index (Phi) is 4.35. The van der Waals surface area contributed by atoms with Gasteiger partial charge in [-0.2, -0.15) is 0 Å². The van der Waals surface area contributed by atoms with Gasteiger partial charge in [0.15, 0.2) is 11.6 Å². The van der Waals surface area contributed by atoms with Gasteiger partial charge in [-0.1, -0.05) is 13.3 Å². The molecule has 0 unspecified atom stereocenters. The van der Waals surface area contributed by atoms with Crippen LogP contribution in [0.4, 0.5) is 4.39 Å². The van der Waals surface area contributed by atoms with E-state index in [9.17, 15) is 4.39 Å². The van der Waals surface area contributed by atoms with Crippen LogP contribution in [0.5, 0.6) is 0 Å². The van der Waals surface area contributed by atoms with Crippen LogP contribution in [0.1, 0.15) is 24.6 Å². The van der Waals surface area contributed by atoms with Crippen molar-refractivity contribution in [3.8, 4) is 11.5 Å². The lowest BCUT2D eigenvalue weighted by Gasteiger charge is -2.13. The highest BCUT2D eigenvalue weighted by atomic mass is 19.1. The minimum atomic E-state index is -0.395. The first-order chi connectivity index (χ1) is 12.8. The number of imidazole rings is 1. The summed E-state index contributed by atoms with van der Waals surface area (Å²) < 4.78 is 16.0. The van der Waals surface area contributed by atoms with E-state index in [4.69, 9.17) is 0 Å². The first-order valence-corrected chi connectivity index (χ1v) is 8.46. The molecule has 0 aliphatic heterocycles. The molecule has 0 aliphatic carbocycles. The molecule has 6 nitrogen and oxygen atoms in total. The molecule has 0 saturated heterocycles. The van der Waals surface area contributed by atoms with Gasteiger partial charge in [0.25, 0.3) is 0 Å². The van der Waals surface area contributed by atoms with Crippen LogP contribution in [0, 0.1) is 5.82 Å². The highest BCUT2D eigenvalue weighted by Crippen LogP contribution is 2.23. The molecular weight excluding hydrogens is 331 g/mol. The van der Waals surface area contributed by atoms with Gasteiger partial charge < -0.3 is 4.57 Å². The standard InChI is InChI=1S/C19H17FN6/c1-2-4-14-16(24-10-13-9-21-12-25-17(13)14)11-26-8-7-23-19(26)18-15(20)5-3-6-22-18/h3,5-10,12H,2,4,11H2,1H3. The van der Waals surface area contributed by atoms with Crippen molar-refractivity contribution in [3.63, 3.8) is 0 Å². The maximum atomic E-state index is 14.1. The quantitative estimate of drug-likeness (QED) is 0.553. The summed E-state index contributed by atoms with van der Waals surface area (Å²) in [5, 5.41) is 0.918. The van der Waals surface area contributed by atoms with Gasteiger partial charge in [0.2, 0.25) is 0 Å². The van der Waals surface area contributed by atoms with Gasteiger partial charge in [0, 0.05) is 41.9 Å². The summed E-state index contributed by atoms with van der Waals surface area (Å²) in [6.45, 7) is 2.59. The normalized spacial score (nSPS) is 11.2. The summed E-state index contributed by atoms with van der Waals surface area (Å²) in [5.74, 6) is 0.0862. The Morgan fingerprint density at radius 1 is 1.08 bits per heavy atom. The zero-order valence-corrected chi connectivity index (χ0v) is 14.3. The highest BCUT2D eigenvalue weighted by molar-refractivity contribution is 5.80. The fourth-order valence-corrected chi connectivity index (χ4v) is 3.06. The number of halogens is 1. The largest absolute Gasteiger partial charge is 0.324 e. The van der Waals surface area contributed by atoms with Crippen molar-refractivity contribution in [2.24, 2.45) is 0 Å². The molecule has 4 rings (SSSR count). The van der Waals surface area contributed by atoms with Gasteiger partial charge in [0.1, 0.15) is 12.0 Å². The minimum Gasteiger partial charge on any atom is -0.324 e. The first-order valence-electron chi connectivity index (χ1n) is 8.46. The minimum absolute atomic E-state index is 0.234. The topological polar surface area (TPSA) is 69.4 Å². The Balaban J connectivity index is 1.79. The maximum absolute atomic E-state index is 14.1. The van der Waals surface area contributed by atoms with Crippen LogP contribution < -0.4 is 0 Å². The zero-order chi connectivity index (χ0) is 17.9. The summed E-state index contributed by atoms with van der Waals surface area (Å²) in [5.41, 5.74) is 3.14. The summed E-state index contributed by atoms with van der Waals surface area (Å²) in [6.07, 6.45) is 12.0. The van der Waals surface area contributed by atoms with Gasteiger partial charge >= 0.3 is 0 Å². The van der Waals surface area contributed by atoms with Crippen LogP contribution in [0.15, 0.2) is 49.4 Å². The molecule has 0 amide bonds. The maximum Gasteiger partial charge on any atom is 0.162 e. The smallest absolute Gasteiger partial charge is 0.162 e. The number of aromatic nitrogens is 6. The molecule has 7 heteroatoms. The van der Waals surface area contributed by atoms with E-state index >= 15 is 0 Å². The summed E-state index contributed by atoms with van der Waals surface area (Å²) in [7, 11) is 0. The van der Waals surface area contributed by atoms with Gasteiger partial charge in [-0.15, -0.1) is 0 Å². The predicted octanol–water partition coefficient (Wildman–Crippen LogP) is 3.42. The first kappa shape index (κ1) is 16.3. The van der Waals surface area contributed by atoms with Crippen molar-refractivity contribution in [1.29, 1.82) is 0 Å². The second kappa shape index (κ2) is 6.95. The third-order valence-electron chi connectivity index (χ3n) is 4.24. The lowest BCUT2D eigenvalue weighted by atomic mass is 10.1. The Morgan fingerprint density at radius 2 is 2.00 bits per heavy atom. The number of aryl methyl sites for hydroxylation is 1. The van der Waals surface area contributed by atoms with Crippen LogP contribution in [0.3, 0.4) is 0 Å². The second-order valence-electron chi connectivity index (χ2n) is 5.97. The van der Waals surface area contributed by atoms with Crippen molar-refractivity contribution in [1.82, 2.24) is 29.5 Å². The fourth-order valence-electron chi connectivity index (χ4n) is 3.06. The highest BCUT2D eigenvalue weighted by Gasteiger charge is 2.15. The van der Waals surface area contributed by atoms with Crippen molar-refractivity contribution >= 4 is 10.9 Å². The summed E-state index contributed by atoms with van der Waals surface area (Å²) in [6, 6.07) is 2.95. The van der Waals surface area contributed by atoms with E-state index in [1.54, 1.807) is 37.2 Å². The fraction of sp³-hybridized carbons (Fsp3) is 0.211. The molecule has 0 aromatic carbocycles. The van der Waals surface area contributed by atoms with E-state index in [0.29, 0.717) is 12.4 Å². The SMILES string of the molecule is CCCc1c(Cn2ccnc2-c2ncccc2F)ncc2cncnc12. The Labute approximate surface area is 149 Å². The molecule has 0 N–H and O–H groups in total. The van der Waals surface area contributed by atoms with Crippen molar-refractivity contribution < 1.29 is 4.39 Å². The monoisotopic (exact) mass is 348 g/mol. The van der Waals surface area contributed by atoms with E-state index in [1.165, 1.54) is 6.07 Å². The third kappa shape index (κ3) is 2.92. The van der Waals surface area contributed by atoms with E-state index in [1.807, 2.05) is 10.8 Å². The summed E-state index contributed by atoms with van der Waals surface area (Å²) in [4.78, 5) is 21.5. The molecule has 0 radical (unpaired) electrons. The lowest BCUT2D eigenvalue weighted by molar-refractivity contribution is 0.621. The lowest BCUT2D eigenvalue weighted by Crippen LogP contribution is -2.08. The van der Waals surface area contributed by atoms with Gasteiger partial charge in [0.05, 0.1) is 17.8 Å². The molecule has 0 saturated carbocycles. The Morgan fingerprint density at radius 3 is 2.85 bits per heavy atom. The van der Waals surface area contributed by atoms with Gasteiger partial charge in [-0.3, -0.25) is 4.98 Å². The molecule has 130 valence electrons. The molecule has 26 heavy (non-hydrogen) atoms. The van der Waals surface area contributed by atoms with E-state index in [0.717, 1.165) is 35.0 Å². The van der Waals surface area contributed by atoms with Crippen LogP contribution in [-0.2, 0) is 13.0 Å². The van der Waals surface area contributed by atoms with Crippen molar-refractivity contribution in [2.75, 3.05) is 0 Å². The van der Waals surface area contributed by atoms with Crippen molar-refractivity contribution in [3.05, 3.63) is 66.5 Å². The zero-order valence-electron chi connectivity index (χ0n) is 14.3. The Hall–Kier alpha value is -3.22. The van der Waals surface area contributed by atoms with Crippen molar-refractivity contribution in [2.45, 2.75) is 26.3 Å². The number of fused-ring (bicyclic) bond motifs is 1. The van der Waals surface area contributed by atoms with Crippen LogP contribution >= 0.6 is 0 Å². The van der Waals surface area contributed by atoms with Crippen LogP contribution in [-0.4, -0.2) is 29.5 Å². The number of nitrogens with zero attached hydrogens (tertiary/aromatic N) is 6. The second-order valence-corrected chi connectivity index (χ2v) is 5.97. The number of hydrogen-bond donors (Lipinski definition) is 0. The molecule has 0 spiro atoms. The molecule has 4 aromatic heterocycles. The molecule has 0 bridgehead atoms. The Bertz CT molecular complexity index is 1060. The molecule has 4 heterocycles.